The van der Waals surface area contributed by atoms with Gasteiger partial charge in [-0.3, -0.25) is 0 Å². The molecule has 0 fully saturated rings. The van der Waals surface area contributed by atoms with E-state index < -0.39 is 0 Å². The number of nitriles is 1. The molecule has 0 N–H and O–H groups in total. The van der Waals surface area contributed by atoms with Gasteiger partial charge in [-0.2, -0.15) is 5.26 Å². The number of hydrogen-bond acceptors (Lipinski definition) is 4. The Bertz CT molecular complexity index is 716. The van der Waals surface area contributed by atoms with Gasteiger partial charge in [0, 0.05) is 11.0 Å². The van der Waals surface area contributed by atoms with Crippen LogP contribution in [0, 0.1) is 11.3 Å². The van der Waals surface area contributed by atoms with Gasteiger partial charge in [-0.15, -0.1) is 0 Å². The molecule has 0 aliphatic carbocycles. The predicted molar refractivity (Wildman–Crippen MR) is 77.3 cm³/mol. The second kappa shape index (κ2) is 6.85. The minimum Gasteiger partial charge on any atom is -0.493 e. The van der Waals surface area contributed by atoms with E-state index in [4.69, 9.17) is 20.3 Å². The summed E-state index contributed by atoms with van der Waals surface area (Å²) in [4.78, 5) is 2.71. The molecule has 0 saturated heterocycles. The predicted octanol–water partition coefficient (Wildman–Crippen LogP) is 4.09. The monoisotopic (exact) mass is 280 g/mol. The van der Waals surface area contributed by atoms with Crippen LogP contribution in [-0.4, -0.2) is 7.11 Å². The van der Waals surface area contributed by atoms with Crippen molar-refractivity contribution in [3.05, 3.63) is 64.0 Å². The summed E-state index contributed by atoms with van der Waals surface area (Å²) in [6, 6.07) is 14.6. The van der Waals surface area contributed by atoms with Gasteiger partial charge in [-0.1, -0.05) is 35.4 Å². The van der Waals surface area contributed by atoms with Crippen molar-refractivity contribution >= 4 is 5.69 Å². The van der Waals surface area contributed by atoms with E-state index in [1.807, 2.05) is 36.4 Å². The van der Waals surface area contributed by atoms with Gasteiger partial charge in [0.15, 0.2) is 11.5 Å². The Kier molecular flexibility index (Phi) is 4.65. The quantitative estimate of drug-likeness (QED) is 0.469. The van der Waals surface area contributed by atoms with Crippen LogP contribution in [0.5, 0.6) is 11.5 Å². The molecule has 0 aliphatic heterocycles. The molecular formula is C15H12N4O2. The Morgan fingerprint density at radius 2 is 2.00 bits per heavy atom. The summed E-state index contributed by atoms with van der Waals surface area (Å²) in [6.07, 6.45) is 0. The maximum absolute atomic E-state index is 9.03. The van der Waals surface area contributed by atoms with E-state index in [-0.39, 0.29) is 11.3 Å². The zero-order chi connectivity index (χ0) is 15.1. The molecule has 0 heterocycles. The Labute approximate surface area is 121 Å². The maximum atomic E-state index is 9.03. The lowest BCUT2D eigenvalue weighted by Gasteiger charge is -2.12. The lowest BCUT2D eigenvalue weighted by atomic mass is 10.1. The highest BCUT2D eigenvalue weighted by molar-refractivity contribution is 5.61. The highest BCUT2D eigenvalue weighted by atomic mass is 16.5. The standard InChI is InChI=1S/C15H12N4O2/c1-20-14-7-12(9-16)13(18-19-17)8-15(14)21-10-11-5-3-2-4-6-11/h2-8H,10H2,1H3. The molecule has 21 heavy (non-hydrogen) atoms. The fourth-order valence-corrected chi connectivity index (χ4v) is 1.78. The molecular weight excluding hydrogens is 268 g/mol. The number of nitrogens with zero attached hydrogens (tertiary/aromatic N) is 4. The van der Waals surface area contributed by atoms with Gasteiger partial charge < -0.3 is 9.47 Å². The van der Waals surface area contributed by atoms with Gasteiger partial charge in [-0.05, 0) is 17.2 Å². The first-order valence-corrected chi connectivity index (χ1v) is 6.12. The number of ether oxygens (including phenoxy) is 2. The van der Waals surface area contributed by atoms with Crippen molar-refractivity contribution in [3.63, 3.8) is 0 Å². The van der Waals surface area contributed by atoms with Gasteiger partial charge >= 0.3 is 0 Å². The topological polar surface area (TPSA) is 91.0 Å². The van der Waals surface area contributed by atoms with Crippen LogP contribution in [0.15, 0.2) is 47.6 Å². The summed E-state index contributed by atoms with van der Waals surface area (Å²) >= 11 is 0. The molecule has 0 aromatic heterocycles. The number of methoxy groups -OCH3 is 1. The van der Waals surface area contributed by atoms with Crippen LogP contribution in [0.25, 0.3) is 10.4 Å². The molecule has 2 aromatic rings. The molecule has 6 nitrogen and oxygen atoms in total. The summed E-state index contributed by atoms with van der Waals surface area (Å²) in [7, 11) is 1.49. The fourth-order valence-electron chi connectivity index (χ4n) is 1.78. The lowest BCUT2D eigenvalue weighted by Crippen LogP contribution is -1.98. The molecule has 104 valence electrons. The molecule has 0 amide bonds. The van der Waals surface area contributed by atoms with Gasteiger partial charge in [-0.25, -0.2) is 0 Å². The molecule has 0 radical (unpaired) electrons. The number of benzene rings is 2. The molecule has 2 aromatic carbocycles. The number of hydrogen-bond donors (Lipinski definition) is 0. The molecule has 0 saturated carbocycles. The van der Waals surface area contributed by atoms with Crippen LogP contribution in [0.4, 0.5) is 5.69 Å². The Balaban J connectivity index is 2.31. The Morgan fingerprint density at radius 3 is 2.62 bits per heavy atom. The number of rotatable bonds is 5. The third-order valence-corrected chi connectivity index (χ3v) is 2.79. The van der Waals surface area contributed by atoms with Crippen molar-refractivity contribution in [2.75, 3.05) is 7.11 Å². The van der Waals surface area contributed by atoms with Gasteiger partial charge in [0.05, 0.1) is 24.4 Å². The molecule has 0 unspecified atom stereocenters. The van der Waals surface area contributed by atoms with Crippen LogP contribution < -0.4 is 9.47 Å². The van der Waals surface area contributed by atoms with Crippen molar-refractivity contribution in [1.82, 2.24) is 0 Å². The van der Waals surface area contributed by atoms with Crippen LogP contribution >= 0.6 is 0 Å². The van der Waals surface area contributed by atoms with Crippen LogP contribution in [0.1, 0.15) is 11.1 Å². The minimum absolute atomic E-state index is 0.212. The zero-order valence-electron chi connectivity index (χ0n) is 11.4. The van der Waals surface area contributed by atoms with E-state index in [2.05, 4.69) is 10.0 Å². The van der Waals surface area contributed by atoms with Crippen molar-refractivity contribution < 1.29 is 9.47 Å². The molecule has 0 spiro atoms. The smallest absolute Gasteiger partial charge is 0.162 e. The van der Waals surface area contributed by atoms with Gasteiger partial charge in [0.1, 0.15) is 6.61 Å². The average Bonchev–Trinajstić information content (AvgIpc) is 2.54. The third kappa shape index (κ3) is 3.44. The SMILES string of the molecule is COc1cc(C#N)c(N=[N+]=[N-])cc1OCc1ccccc1. The minimum atomic E-state index is 0.212. The molecule has 2 rings (SSSR count). The van der Waals surface area contributed by atoms with E-state index in [0.29, 0.717) is 18.1 Å². The zero-order valence-corrected chi connectivity index (χ0v) is 11.4. The maximum Gasteiger partial charge on any atom is 0.162 e. The van der Waals surface area contributed by atoms with Gasteiger partial charge in [0.2, 0.25) is 0 Å². The highest BCUT2D eigenvalue weighted by Crippen LogP contribution is 2.35. The summed E-state index contributed by atoms with van der Waals surface area (Å²) < 4.78 is 10.9. The molecule has 0 atom stereocenters. The summed E-state index contributed by atoms with van der Waals surface area (Å²) in [5.41, 5.74) is 9.98. The fraction of sp³-hybridized carbons (Fsp3) is 0.133. The van der Waals surface area contributed by atoms with E-state index in [0.717, 1.165) is 5.56 Å². The number of azide groups is 1. The van der Waals surface area contributed by atoms with E-state index >= 15 is 0 Å². The summed E-state index contributed by atoms with van der Waals surface area (Å²) in [5.74, 6) is 0.835. The van der Waals surface area contributed by atoms with Crippen molar-refractivity contribution in [2.24, 2.45) is 5.11 Å². The molecule has 0 bridgehead atoms. The third-order valence-electron chi connectivity index (χ3n) is 2.79. The highest BCUT2D eigenvalue weighted by Gasteiger charge is 2.11. The first kappa shape index (κ1) is 14.3. The second-order valence-electron chi connectivity index (χ2n) is 4.10. The van der Waals surface area contributed by atoms with E-state index in [1.165, 1.54) is 19.2 Å². The van der Waals surface area contributed by atoms with Crippen LogP contribution in [0.2, 0.25) is 0 Å². The second-order valence-corrected chi connectivity index (χ2v) is 4.10. The van der Waals surface area contributed by atoms with Crippen molar-refractivity contribution in [2.45, 2.75) is 6.61 Å². The molecule has 6 heteroatoms. The Hall–Kier alpha value is -3.16. The lowest BCUT2D eigenvalue weighted by molar-refractivity contribution is 0.284. The van der Waals surface area contributed by atoms with E-state index in [1.54, 1.807) is 0 Å². The average molecular weight is 280 g/mol. The van der Waals surface area contributed by atoms with Crippen LogP contribution in [-0.2, 0) is 6.61 Å². The molecule has 0 aliphatic rings. The summed E-state index contributed by atoms with van der Waals surface area (Å²) in [5, 5.41) is 12.5. The largest absolute Gasteiger partial charge is 0.493 e. The van der Waals surface area contributed by atoms with E-state index in [9.17, 15) is 0 Å². The normalized spacial score (nSPS) is 9.33. The first-order chi connectivity index (χ1) is 10.3. The summed E-state index contributed by atoms with van der Waals surface area (Å²) in [6.45, 7) is 0.346. The van der Waals surface area contributed by atoms with Crippen molar-refractivity contribution in [1.29, 1.82) is 5.26 Å². The Morgan fingerprint density at radius 1 is 1.24 bits per heavy atom. The first-order valence-electron chi connectivity index (χ1n) is 6.12. The van der Waals surface area contributed by atoms with Crippen LogP contribution in [0.3, 0.4) is 0 Å². The van der Waals surface area contributed by atoms with Crippen molar-refractivity contribution in [3.8, 4) is 17.6 Å². The van der Waals surface area contributed by atoms with Gasteiger partial charge in [0.25, 0.3) is 0 Å².